The summed E-state index contributed by atoms with van der Waals surface area (Å²) in [4.78, 5) is 11.2. The highest BCUT2D eigenvalue weighted by atomic mass is 32.2. The zero-order chi connectivity index (χ0) is 15.1. The number of carbonyl (C=O) groups excluding carboxylic acids is 1. The number of hydrogen-bond donors (Lipinski definition) is 2. The molecule has 20 heavy (non-hydrogen) atoms. The Morgan fingerprint density at radius 1 is 1.25 bits per heavy atom. The molecule has 0 bridgehead atoms. The molecule has 114 valence electrons. The molecule has 1 amide bonds. The lowest BCUT2D eigenvalue weighted by Gasteiger charge is -2.29. The van der Waals surface area contributed by atoms with Crippen LogP contribution in [0.25, 0.3) is 0 Å². The van der Waals surface area contributed by atoms with Crippen LogP contribution in [-0.4, -0.2) is 26.7 Å². The Kier molecular flexibility index (Phi) is 6.23. The van der Waals surface area contributed by atoms with Crippen LogP contribution in [0.1, 0.15) is 51.9 Å². The molecule has 1 rings (SSSR count). The Labute approximate surface area is 119 Å². The first-order valence-corrected chi connectivity index (χ1v) is 8.31. The second kappa shape index (κ2) is 7.45. The minimum Gasteiger partial charge on any atom is -0.449 e. The summed E-state index contributed by atoms with van der Waals surface area (Å²) < 4.78 is 32.3. The van der Waals surface area contributed by atoms with Crippen molar-refractivity contribution in [2.75, 3.05) is 6.61 Å². The number of hydrogen-bond acceptors (Lipinski definition) is 5. The molecule has 2 N–H and O–H groups in total. The molecule has 0 spiro atoms. The summed E-state index contributed by atoms with van der Waals surface area (Å²) in [5, 5.41) is 9.34. The van der Waals surface area contributed by atoms with Crippen LogP contribution in [0.2, 0.25) is 0 Å². The molecule has 0 radical (unpaired) electrons. The van der Waals surface area contributed by atoms with E-state index in [9.17, 15) is 18.5 Å². The zero-order valence-electron chi connectivity index (χ0n) is 11.6. The zero-order valence-corrected chi connectivity index (χ0v) is 12.5. The van der Waals surface area contributed by atoms with E-state index in [1.807, 2.05) is 0 Å². The average molecular weight is 303 g/mol. The predicted octanol–water partition coefficient (Wildman–Crippen LogP) is 1.57. The van der Waals surface area contributed by atoms with Crippen molar-refractivity contribution >= 4 is 16.3 Å². The molecule has 7 nitrogen and oxygen atoms in total. The Morgan fingerprint density at radius 2 is 1.80 bits per heavy atom. The summed E-state index contributed by atoms with van der Waals surface area (Å²) >= 11 is 0. The van der Waals surface area contributed by atoms with Crippen LogP contribution in [0.4, 0.5) is 4.79 Å². The van der Waals surface area contributed by atoms with Gasteiger partial charge in [0, 0.05) is 0 Å². The van der Waals surface area contributed by atoms with Gasteiger partial charge in [0.25, 0.3) is 0 Å². The first-order chi connectivity index (χ1) is 9.43. The molecule has 0 aliphatic heterocycles. The molecule has 1 aliphatic rings. The van der Waals surface area contributed by atoms with Gasteiger partial charge in [0.1, 0.15) is 5.54 Å². The topological polar surface area (TPSA) is 108 Å². The Balaban J connectivity index is 2.74. The van der Waals surface area contributed by atoms with E-state index in [-0.39, 0.29) is 6.61 Å². The highest BCUT2D eigenvalue weighted by Crippen LogP contribution is 2.26. The lowest BCUT2D eigenvalue weighted by molar-refractivity contribution is 0.158. The maximum atomic E-state index is 11.9. The van der Waals surface area contributed by atoms with Crippen molar-refractivity contribution in [3.8, 4) is 6.07 Å². The van der Waals surface area contributed by atoms with Crippen molar-refractivity contribution in [1.82, 2.24) is 9.44 Å². The molecule has 0 heterocycles. The number of amides is 1. The number of rotatable bonds is 4. The summed E-state index contributed by atoms with van der Waals surface area (Å²) in [6, 6.07) is 2.06. The molecule has 1 aliphatic carbocycles. The molecule has 8 heteroatoms. The Hall–Kier alpha value is -1.33. The predicted molar refractivity (Wildman–Crippen MR) is 72.9 cm³/mol. The number of nitrogens with one attached hydrogen (secondary N) is 2. The number of carbonyl (C=O) groups is 1. The van der Waals surface area contributed by atoms with Crippen LogP contribution >= 0.6 is 0 Å². The van der Waals surface area contributed by atoms with Crippen molar-refractivity contribution in [3.05, 3.63) is 0 Å². The van der Waals surface area contributed by atoms with Crippen molar-refractivity contribution in [2.45, 2.75) is 57.4 Å². The second-order valence-corrected chi connectivity index (χ2v) is 6.30. The van der Waals surface area contributed by atoms with Gasteiger partial charge in [-0.15, -0.1) is 0 Å². The first-order valence-electron chi connectivity index (χ1n) is 6.83. The second-order valence-electron chi connectivity index (χ2n) is 4.89. The van der Waals surface area contributed by atoms with E-state index in [1.54, 1.807) is 11.6 Å². The van der Waals surface area contributed by atoms with Gasteiger partial charge < -0.3 is 4.74 Å². The van der Waals surface area contributed by atoms with Crippen molar-refractivity contribution < 1.29 is 17.9 Å². The van der Waals surface area contributed by atoms with Gasteiger partial charge in [0.05, 0.1) is 12.7 Å². The van der Waals surface area contributed by atoms with Gasteiger partial charge in [-0.3, -0.25) is 0 Å². The molecule has 0 unspecified atom stereocenters. The minimum atomic E-state index is -4.10. The fourth-order valence-electron chi connectivity index (χ4n) is 2.30. The number of nitrogens with zero attached hydrogens (tertiary/aromatic N) is 1. The molecule has 0 saturated heterocycles. The van der Waals surface area contributed by atoms with Crippen LogP contribution < -0.4 is 9.44 Å². The molecule has 1 fully saturated rings. The van der Waals surface area contributed by atoms with Gasteiger partial charge in [-0.1, -0.05) is 32.1 Å². The van der Waals surface area contributed by atoms with E-state index < -0.39 is 21.8 Å². The summed E-state index contributed by atoms with van der Waals surface area (Å²) in [5.41, 5.74) is -1.14. The van der Waals surface area contributed by atoms with Crippen LogP contribution in [-0.2, 0) is 14.9 Å². The van der Waals surface area contributed by atoms with E-state index in [1.165, 1.54) is 0 Å². The van der Waals surface area contributed by atoms with Gasteiger partial charge >= 0.3 is 16.3 Å². The highest BCUT2D eigenvalue weighted by Gasteiger charge is 2.35. The fourth-order valence-corrected chi connectivity index (χ4v) is 3.39. The summed E-state index contributed by atoms with van der Waals surface area (Å²) in [6.45, 7) is 1.65. The first kappa shape index (κ1) is 16.7. The van der Waals surface area contributed by atoms with E-state index in [0.29, 0.717) is 12.8 Å². The molecular formula is C12H21N3O4S. The molecular weight excluding hydrogens is 282 g/mol. The van der Waals surface area contributed by atoms with Crippen LogP contribution in [0, 0.1) is 11.3 Å². The van der Waals surface area contributed by atoms with E-state index in [2.05, 4.69) is 15.5 Å². The van der Waals surface area contributed by atoms with Crippen LogP contribution in [0.15, 0.2) is 0 Å². The minimum absolute atomic E-state index is 0.0742. The fraction of sp³-hybridized carbons (Fsp3) is 0.833. The van der Waals surface area contributed by atoms with Crippen LogP contribution in [0.5, 0.6) is 0 Å². The van der Waals surface area contributed by atoms with Gasteiger partial charge in [-0.25, -0.2) is 9.52 Å². The normalized spacial score (nSPS) is 19.2. The van der Waals surface area contributed by atoms with E-state index in [4.69, 9.17) is 0 Å². The van der Waals surface area contributed by atoms with Gasteiger partial charge in [0.2, 0.25) is 0 Å². The molecule has 0 aromatic rings. The lowest BCUT2D eigenvalue weighted by Crippen LogP contribution is -2.53. The third-order valence-corrected chi connectivity index (χ3v) is 4.34. The van der Waals surface area contributed by atoms with E-state index in [0.717, 1.165) is 32.1 Å². The standard InChI is InChI=1S/C12H21N3O4S/c1-2-19-11(16)14-20(17,18)15-12(10-13)8-6-4-3-5-7-9-12/h15H,2-9H2,1H3,(H,14,16). The summed E-state index contributed by atoms with van der Waals surface area (Å²) in [6.07, 6.45) is 4.51. The van der Waals surface area contributed by atoms with E-state index >= 15 is 0 Å². The number of nitriles is 1. The highest BCUT2D eigenvalue weighted by molar-refractivity contribution is 7.88. The average Bonchev–Trinajstić information content (AvgIpc) is 2.32. The summed E-state index contributed by atoms with van der Waals surface area (Å²) in [7, 11) is -4.10. The maximum absolute atomic E-state index is 11.9. The van der Waals surface area contributed by atoms with Gasteiger partial charge in [0.15, 0.2) is 0 Å². The SMILES string of the molecule is CCOC(=O)NS(=O)(=O)NC1(C#N)CCCCCCC1. The largest absolute Gasteiger partial charge is 0.449 e. The maximum Gasteiger partial charge on any atom is 0.421 e. The van der Waals surface area contributed by atoms with Crippen molar-refractivity contribution in [1.29, 1.82) is 5.26 Å². The van der Waals surface area contributed by atoms with Gasteiger partial charge in [-0.05, 0) is 19.8 Å². The third-order valence-electron chi connectivity index (χ3n) is 3.24. The summed E-state index contributed by atoms with van der Waals surface area (Å²) in [5.74, 6) is 0. The van der Waals surface area contributed by atoms with Crippen LogP contribution in [0.3, 0.4) is 0 Å². The third kappa shape index (κ3) is 5.35. The quantitative estimate of drug-likeness (QED) is 0.819. The Bertz CT molecular complexity index is 462. The Morgan fingerprint density at radius 3 is 2.30 bits per heavy atom. The lowest BCUT2D eigenvalue weighted by atomic mass is 9.86. The van der Waals surface area contributed by atoms with Crippen molar-refractivity contribution in [3.63, 3.8) is 0 Å². The number of ether oxygens (including phenoxy) is 1. The molecule has 0 aromatic carbocycles. The van der Waals surface area contributed by atoms with Gasteiger partial charge in [-0.2, -0.15) is 18.4 Å². The smallest absolute Gasteiger partial charge is 0.421 e. The molecule has 0 atom stereocenters. The van der Waals surface area contributed by atoms with Crippen molar-refractivity contribution in [2.24, 2.45) is 0 Å². The monoisotopic (exact) mass is 303 g/mol. The molecule has 0 aromatic heterocycles. The molecule has 1 saturated carbocycles.